The quantitative estimate of drug-likeness (QED) is 0.640. The van der Waals surface area contributed by atoms with Crippen molar-refractivity contribution in [1.82, 2.24) is 8.61 Å². The minimum Gasteiger partial charge on any atom is -0.325 e. The van der Waals surface area contributed by atoms with Gasteiger partial charge in [-0.2, -0.15) is 0 Å². The van der Waals surface area contributed by atoms with Gasteiger partial charge in [-0.15, -0.1) is 0 Å². The van der Waals surface area contributed by atoms with E-state index in [1.165, 1.54) is 22.7 Å². The second-order valence-electron chi connectivity index (χ2n) is 4.04. The van der Waals surface area contributed by atoms with Gasteiger partial charge in [0.2, 0.25) is 5.91 Å². The average Bonchev–Trinajstić information content (AvgIpc) is 2.38. The molecule has 1 saturated heterocycles. The molecule has 0 unspecified atom stereocenters. The van der Waals surface area contributed by atoms with Crippen molar-refractivity contribution in [2.45, 2.75) is 0 Å². The van der Waals surface area contributed by atoms with Gasteiger partial charge in [-0.1, -0.05) is 18.2 Å². The van der Waals surface area contributed by atoms with Crippen LogP contribution in [0.15, 0.2) is 30.3 Å². The Bertz CT molecular complexity index is 500. The van der Waals surface area contributed by atoms with Gasteiger partial charge in [0.15, 0.2) is 5.92 Å². The lowest BCUT2D eigenvalue weighted by atomic mass is 10.1. The first kappa shape index (κ1) is 13.4. The Morgan fingerprint density at radius 1 is 1.11 bits per heavy atom. The van der Waals surface area contributed by atoms with Gasteiger partial charge in [-0.25, -0.2) is 0 Å². The molecule has 0 bridgehead atoms. The summed E-state index contributed by atoms with van der Waals surface area (Å²) < 4.78 is 2.55. The number of nitrogens with zero attached hydrogens (tertiary/aromatic N) is 2. The molecule has 0 aromatic heterocycles. The number of hydrogen-bond donors (Lipinski definition) is 1. The van der Waals surface area contributed by atoms with Gasteiger partial charge in [0.05, 0.1) is 12.1 Å². The molecule has 1 aromatic carbocycles. The zero-order chi connectivity index (χ0) is 14.0. The van der Waals surface area contributed by atoms with Crippen LogP contribution in [-0.2, 0) is 14.4 Å². The number of carbonyl (C=O) groups is 3. The number of benzene rings is 1. The predicted octanol–water partition coefficient (Wildman–Crippen LogP) is 0.735. The van der Waals surface area contributed by atoms with Crippen LogP contribution in [0.4, 0.5) is 5.69 Å². The molecule has 3 amide bonds. The van der Waals surface area contributed by atoms with E-state index >= 15 is 0 Å². The summed E-state index contributed by atoms with van der Waals surface area (Å²) in [5.41, 5.74) is 0.552. The van der Waals surface area contributed by atoms with Gasteiger partial charge in [-0.3, -0.25) is 23.0 Å². The lowest BCUT2D eigenvalue weighted by molar-refractivity contribution is -0.146. The van der Waals surface area contributed by atoms with Crippen LogP contribution in [-0.4, -0.2) is 40.4 Å². The van der Waals surface area contributed by atoms with Crippen LogP contribution in [0, 0.1) is 5.92 Å². The summed E-state index contributed by atoms with van der Waals surface area (Å²) in [5.74, 6) is -2.96. The lowest BCUT2D eigenvalue weighted by Crippen LogP contribution is -2.51. The summed E-state index contributed by atoms with van der Waals surface area (Å²) in [6.45, 7) is 0. The average molecular weight is 279 g/mol. The Kier molecular flexibility index (Phi) is 3.75. The van der Waals surface area contributed by atoms with Crippen LogP contribution in [0.25, 0.3) is 0 Å². The van der Waals surface area contributed by atoms with Gasteiger partial charge in [0.25, 0.3) is 11.8 Å². The van der Waals surface area contributed by atoms with Crippen molar-refractivity contribution >= 4 is 35.5 Å². The molecule has 6 nitrogen and oxygen atoms in total. The number of carbonyl (C=O) groups excluding carboxylic acids is 3. The summed E-state index contributed by atoms with van der Waals surface area (Å²) in [4.78, 5) is 35.9. The molecule has 100 valence electrons. The standard InChI is InChI=1S/C12H13N3O3S/c1-14-11(17)9(12(18)15(2)19-14)10(16)13-8-6-4-3-5-7-8/h3-7,9H,1-2H3,(H,13,16). The highest BCUT2D eigenvalue weighted by atomic mass is 32.2. The fourth-order valence-electron chi connectivity index (χ4n) is 1.69. The number of nitrogens with one attached hydrogen (secondary N) is 1. The number of rotatable bonds is 2. The lowest BCUT2D eigenvalue weighted by Gasteiger charge is -2.32. The minimum absolute atomic E-state index is 0.512. The summed E-state index contributed by atoms with van der Waals surface area (Å²) in [6.07, 6.45) is 0. The van der Waals surface area contributed by atoms with Gasteiger partial charge in [0.1, 0.15) is 0 Å². The molecule has 0 saturated carbocycles. The Balaban J connectivity index is 2.17. The summed E-state index contributed by atoms with van der Waals surface area (Å²) in [5, 5.41) is 2.57. The van der Waals surface area contributed by atoms with Crippen LogP contribution in [0.5, 0.6) is 0 Å². The summed E-state index contributed by atoms with van der Waals surface area (Å²) >= 11 is 0.972. The maximum absolute atomic E-state index is 12.1. The number of para-hydroxylation sites is 1. The Hall–Kier alpha value is -2.02. The smallest absolute Gasteiger partial charge is 0.255 e. The number of hydrogen-bond acceptors (Lipinski definition) is 4. The van der Waals surface area contributed by atoms with Crippen LogP contribution >= 0.6 is 12.1 Å². The molecule has 1 N–H and O–H groups in total. The molecular formula is C12H13N3O3S. The Morgan fingerprint density at radius 2 is 1.63 bits per heavy atom. The Labute approximate surface area is 115 Å². The van der Waals surface area contributed by atoms with Gasteiger partial charge >= 0.3 is 0 Å². The number of amides is 3. The van der Waals surface area contributed by atoms with Crippen LogP contribution in [0.1, 0.15) is 0 Å². The molecular weight excluding hydrogens is 266 g/mol. The highest BCUT2D eigenvalue weighted by molar-refractivity contribution is 7.95. The highest BCUT2D eigenvalue weighted by Crippen LogP contribution is 2.25. The third-order valence-electron chi connectivity index (χ3n) is 2.66. The third-order valence-corrected chi connectivity index (χ3v) is 3.51. The van der Waals surface area contributed by atoms with Crippen molar-refractivity contribution in [1.29, 1.82) is 0 Å². The fourth-order valence-corrected chi connectivity index (χ4v) is 2.43. The third kappa shape index (κ3) is 2.70. The van der Waals surface area contributed by atoms with Crippen molar-refractivity contribution in [2.75, 3.05) is 19.4 Å². The van der Waals surface area contributed by atoms with Gasteiger partial charge < -0.3 is 5.32 Å². The largest absolute Gasteiger partial charge is 0.325 e. The van der Waals surface area contributed by atoms with E-state index in [0.717, 1.165) is 12.1 Å². The molecule has 7 heteroatoms. The highest BCUT2D eigenvalue weighted by Gasteiger charge is 2.43. The van der Waals surface area contributed by atoms with E-state index in [0.29, 0.717) is 5.69 Å². The van der Waals surface area contributed by atoms with Crippen LogP contribution in [0.3, 0.4) is 0 Å². The van der Waals surface area contributed by atoms with E-state index in [1.807, 2.05) is 6.07 Å². The second-order valence-corrected chi connectivity index (χ2v) is 5.30. The zero-order valence-corrected chi connectivity index (χ0v) is 11.3. The minimum atomic E-state index is -1.32. The van der Waals surface area contributed by atoms with Crippen LogP contribution < -0.4 is 5.32 Å². The molecule has 1 fully saturated rings. The molecule has 19 heavy (non-hydrogen) atoms. The first-order valence-corrected chi connectivity index (χ1v) is 6.33. The van der Waals surface area contributed by atoms with Crippen molar-refractivity contribution in [3.05, 3.63) is 30.3 Å². The molecule has 2 rings (SSSR count). The maximum Gasteiger partial charge on any atom is 0.255 e. The fraction of sp³-hybridized carbons (Fsp3) is 0.250. The molecule has 1 aliphatic heterocycles. The van der Waals surface area contributed by atoms with E-state index in [-0.39, 0.29) is 0 Å². The molecule has 0 aliphatic carbocycles. The monoisotopic (exact) mass is 279 g/mol. The molecule has 0 spiro atoms. The predicted molar refractivity (Wildman–Crippen MR) is 71.7 cm³/mol. The van der Waals surface area contributed by atoms with Gasteiger partial charge in [0, 0.05) is 19.8 Å². The molecule has 1 aliphatic rings. The van der Waals surface area contributed by atoms with E-state index in [9.17, 15) is 14.4 Å². The van der Waals surface area contributed by atoms with Crippen molar-refractivity contribution in [3.63, 3.8) is 0 Å². The molecule has 1 heterocycles. The maximum atomic E-state index is 12.1. The zero-order valence-electron chi connectivity index (χ0n) is 10.5. The van der Waals surface area contributed by atoms with E-state index < -0.39 is 23.6 Å². The molecule has 1 aromatic rings. The van der Waals surface area contributed by atoms with Crippen molar-refractivity contribution in [2.24, 2.45) is 5.92 Å². The molecule has 0 radical (unpaired) electrons. The Morgan fingerprint density at radius 3 is 2.16 bits per heavy atom. The number of anilines is 1. The second kappa shape index (κ2) is 5.31. The summed E-state index contributed by atoms with van der Waals surface area (Å²) in [6, 6.07) is 8.71. The van der Waals surface area contributed by atoms with E-state index in [4.69, 9.17) is 0 Å². The van der Waals surface area contributed by atoms with Crippen molar-refractivity contribution in [3.8, 4) is 0 Å². The van der Waals surface area contributed by atoms with Crippen LogP contribution in [0.2, 0.25) is 0 Å². The van der Waals surface area contributed by atoms with Crippen molar-refractivity contribution < 1.29 is 14.4 Å². The summed E-state index contributed by atoms with van der Waals surface area (Å²) in [7, 11) is 3.05. The van der Waals surface area contributed by atoms with E-state index in [2.05, 4.69) is 5.32 Å². The topological polar surface area (TPSA) is 69.7 Å². The first-order chi connectivity index (χ1) is 9.00. The molecule has 0 atom stereocenters. The SMILES string of the molecule is CN1SN(C)C(=O)C(C(=O)Nc2ccccc2)C1=O. The van der Waals surface area contributed by atoms with Gasteiger partial charge in [-0.05, 0) is 12.1 Å². The normalized spacial score (nSPS) is 16.7. The van der Waals surface area contributed by atoms with E-state index in [1.54, 1.807) is 24.3 Å². The first-order valence-electron chi connectivity index (χ1n) is 5.60.